The summed E-state index contributed by atoms with van der Waals surface area (Å²) in [6.07, 6.45) is 0. The lowest BCUT2D eigenvalue weighted by molar-refractivity contribution is -0.891. The van der Waals surface area contributed by atoms with E-state index in [2.05, 4.69) is 67.6 Å². The van der Waals surface area contributed by atoms with Gasteiger partial charge in [0.1, 0.15) is 13.1 Å². The Morgan fingerprint density at radius 2 is 1.58 bits per heavy atom. The van der Waals surface area contributed by atoms with Crippen LogP contribution in [-0.4, -0.2) is 23.1 Å². The first kappa shape index (κ1) is 11.2. The van der Waals surface area contributed by atoms with E-state index in [-0.39, 0.29) is 0 Å². The average molecular weight is 250 g/mol. The van der Waals surface area contributed by atoms with Gasteiger partial charge in [-0.3, -0.25) is 0 Å². The SMILES string of the molecule is CC1C(c2ccccc2)C2C[N+]12Cc1ccccc1. The Labute approximate surface area is 115 Å². The highest BCUT2D eigenvalue weighted by atomic mass is 15.6. The predicted molar refractivity (Wildman–Crippen MR) is 77.7 cm³/mol. The molecule has 2 heterocycles. The molecule has 96 valence electrons. The maximum Gasteiger partial charge on any atom is 0.152 e. The number of quaternary nitrogens is 1. The highest BCUT2D eigenvalue weighted by Gasteiger charge is 2.74. The molecule has 0 aliphatic carbocycles. The summed E-state index contributed by atoms with van der Waals surface area (Å²) in [5, 5.41) is 0. The topological polar surface area (TPSA) is 0 Å². The van der Waals surface area contributed by atoms with Gasteiger partial charge in [-0.2, -0.15) is 0 Å². The van der Waals surface area contributed by atoms with Gasteiger partial charge in [0, 0.05) is 5.56 Å². The van der Waals surface area contributed by atoms with Gasteiger partial charge in [0.2, 0.25) is 0 Å². The van der Waals surface area contributed by atoms with E-state index in [4.69, 9.17) is 0 Å². The summed E-state index contributed by atoms with van der Waals surface area (Å²) in [6.45, 7) is 5.02. The Balaban J connectivity index is 1.54. The lowest BCUT2D eigenvalue weighted by Crippen LogP contribution is -2.53. The second-order valence-electron chi connectivity index (χ2n) is 6.17. The van der Waals surface area contributed by atoms with E-state index in [1.54, 1.807) is 5.56 Å². The third kappa shape index (κ3) is 1.58. The molecule has 4 atom stereocenters. The van der Waals surface area contributed by atoms with E-state index in [1.807, 2.05) is 0 Å². The van der Waals surface area contributed by atoms with E-state index in [0.29, 0.717) is 0 Å². The van der Waals surface area contributed by atoms with Gasteiger partial charge in [0.05, 0.1) is 12.0 Å². The molecule has 1 heteroatoms. The zero-order valence-electron chi connectivity index (χ0n) is 11.4. The maximum absolute atomic E-state index is 2.43. The van der Waals surface area contributed by atoms with Crippen molar-refractivity contribution in [1.82, 2.24) is 0 Å². The first-order chi connectivity index (χ1) is 9.31. The minimum absolute atomic E-state index is 0.771. The molecular weight excluding hydrogens is 230 g/mol. The summed E-state index contributed by atoms with van der Waals surface area (Å²) >= 11 is 0. The van der Waals surface area contributed by atoms with Crippen LogP contribution in [0.2, 0.25) is 0 Å². The van der Waals surface area contributed by atoms with Crippen molar-refractivity contribution < 1.29 is 4.48 Å². The minimum Gasteiger partial charge on any atom is -0.304 e. The summed E-state index contributed by atoms with van der Waals surface area (Å²) < 4.78 is 1.32. The molecule has 0 amide bonds. The lowest BCUT2D eigenvalue weighted by atomic mass is 9.82. The second kappa shape index (κ2) is 3.94. The molecule has 0 radical (unpaired) electrons. The predicted octanol–water partition coefficient (Wildman–Crippen LogP) is 3.57. The number of benzene rings is 2. The van der Waals surface area contributed by atoms with Crippen LogP contribution in [0.25, 0.3) is 0 Å². The van der Waals surface area contributed by atoms with Crippen LogP contribution < -0.4 is 0 Å². The van der Waals surface area contributed by atoms with Crippen LogP contribution in [0.15, 0.2) is 60.7 Å². The molecule has 2 fully saturated rings. The standard InChI is InChI=1S/C18H20N/c1-14-18(16-10-6-3-7-11-16)17-13-19(14,17)12-15-8-4-2-5-9-15/h2-11,14,17-18H,12-13H2,1H3/q+1. The van der Waals surface area contributed by atoms with Gasteiger partial charge in [0.15, 0.2) is 6.04 Å². The molecule has 4 unspecified atom stereocenters. The van der Waals surface area contributed by atoms with Crippen molar-refractivity contribution >= 4 is 0 Å². The average Bonchev–Trinajstić information content (AvgIpc) is 3.10. The highest BCUT2D eigenvalue weighted by molar-refractivity contribution is 5.28. The fourth-order valence-electron chi connectivity index (χ4n) is 4.17. The molecule has 2 aliphatic rings. The van der Waals surface area contributed by atoms with Crippen LogP contribution in [-0.2, 0) is 6.54 Å². The fourth-order valence-corrected chi connectivity index (χ4v) is 4.17. The number of hydrogen-bond donors (Lipinski definition) is 0. The van der Waals surface area contributed by atoms with Gasteiger partial charge in [-0.05, 0) is 12.5 Å². The molecule has 0 saturated carbocycles. The number of hydrogen-bond acceptors (Lipinski definition) is 0. The van der Waals surface area contributed by atoms with E-state index in [1.165, 1.54) is 23.1 Å². The van der Waals surface area contributed by atoms with Gasteiger partial charge < -0.3 is 4.48 Å². The molecule has 4 rings (SSSR count). The first-order valence-electron chi connectivity index (χ1n) is 7.26. The third-order valence-electron chi connectivity index (χ3n) is 5.30. The van der Waals surface area contributed by atoms with E-state index < -0.39 is 0 Å². The molecule has 2 saturated heterocycles. The lowest BCUT2D eigenvalue weighted by Gasteiger charge is -2.42. The number of rotatable bonds is 3. The Morgan fingerprint density at radius 3 is 2.21 bits per heavy atom. The Kier molecular flexibility index (Phi) is 2.33. The zero-order chi connectivity index (χ0) is 12.9. The van der Waals surface area contributed by atoms with Crippen molar-refractivity contribution in [1.29, 1.82) is 0 Å². The van der Waals surface area contributed by atoms with Crippen molar-refractivity contribution in [3.05, 3.63) is 71.8 Å². The van der Waals surface area contributed by atoms with Crippen LogP contribution in [0.4, 0.5) is 0 Å². The van der Waals surface area contributed by atoms with Crippen molar-refractivity contribution in [2.75, 3.05) is 6.54 Å². The summed E-state index contributed by atoms with van der Waals surface area (Å²) in [5.41, 5.74) is 3.03. The van der Waals surface area contributed by atoms with Crippen molar-refractivity contribution in [2.45, 2.75) is 31.5 Å². The van der Waals surface area contributed by atoms with E-state index in [0.717, 1.165) is 18.0 Å². The summed E-state index contributed by atoms with van der Waals surface area (Å²) in [4.78, 5) is 0. The second-order valence-corrected chi connectivity index (χ2v) is 6.17. The van der Waals surface area contributed by atoms with E-state index in [9.17, 15) is 0 Å². The molecule has 2 aromatic carbocycles. The molecule has 19 heavy (non-hydrogen) atoms. The molecule has 2 aliphatic heterocycles. The fraction of sp³-hybridized carbons (Fsp3) is 0.333. The van der Waals surface area contributed by atoms with Crippen molar-refractivity contribution in [3.8, 4) is 0 Å². The molecule has 1 nitrogen and oxygen atoms in total. The van der Waals surface area contributed by atoms with Crippen LogP contribution in [0.5, 0.6) is 0 Å². The Morgan fingerprint density at radius 1 is 0.947 bits per heavy atom. The largest absolute Gasteiger partial charge is 0.304 e. The molecule has 0 bridgehead atoms. The van der Waals surface area contributed by atoms with Gasteiger partial charge in [-0.1, -0.05) is 60.7 Å². The third-order valence-corrected chi connectivity index (χ3v) is 5.30. The molecular formula is C18H20N+. The van der Waals surface area contributed by atoms with Gasteiger partial charge in [0.25, 0.3) is 0 Å². The van der Waals surface area contributed by atoms with Crippen molar-refractivity contribution in [2.24, 2.45) is 0 Å². The van der Waals surface area contributed by atoms with Gasteiger partial charge in [-0.15, -0.1) is 0 Å². The Bertz CT molecular complexity index is 577. The monoisotopic (exact) mass is 250 g/mol. The van der Waals surface area contributed by atoms with Crippen LogP contribution in [0.3, 0.4) is 0 Å². The molecule has 0 aromatic heterocycles. The van der Waals surface area contributed by atoms with Crippen LogP contribution in [0.1, 0.15) is 24.0 Å². The van der Waals surface area contributed by atoms with Crippen LogP contribution >= 0.6 is 0 Å². The Hall–Kier alpha value is -1.60. The smallest absolute Gasteiger partial charge is 0.152 e. The normalized spacial score (nSPS) is 35.3. The highest BCUT2D eigenvalue weighted by Crippen LogP contribution is 2.59. The molecule has 0 N–H and O–H groups in total. The number of fused-ring (bicyclic) bond motifs is 1. The quantitative estimate of drug-likeness (QED) is 0.577. The number of nitrogens with zero attached hydrogens (tertiary/aromatic N) is 1. The minimum atomic E-state index is 0.771. The zero-order valence-corrected chi connectivity index (χ0v) is 11.4. The summed E-state index contributed by atoms with van der Waals surface area (Å²) in [5.74, 6) is 0.782. The van der Waals surface area contributed by atoms with Crippen molar-refractivity contribution in [3.63, 3.8) is 0 Å². The van der Waals surface area contributed by atoms with E-state index >= 15 is 0 Å². The molecule has 0 spiro atoms. The van der Waals surface area contributed by atoms with Gasteiger partial charge in [-0.25, -0.2) is 0 Å². The maximum atomic E-state index is 2.43. The molecule has 2 aromatic rings. The van der Waals surface area contributed by atoms with Crippen LogP contribution in [0, 0.1) is 0 Å². The summed E-state index contributed by atoms with van der Waals surface area (Å²) in [6, 6.07) is 23.7. The van der Waals surface area contributed by atoms with Gasteiger partial charge >= 0.3 is 0 Å². The first-order valence-corrected chi connectivity index (χ1v) is 7.26. The summed E-state index contributed by atoms with van der Waals surface area (Å²) in [7, 11) is 0.